The third-order valence-corrected chi connectivity index (χ3v) is 5.73. The molecule has 1 heterocycles. The molecule has 2 N–H and O–H groups in total. The number of allylic oxidation sites excluding steroid dienone is 1. The molecule has 34 heavy (non-hydrogen) atoms. The molecular formula is C29H26N2O3. The predicted octanol–water partition coefficient (Wildman–Crippen LogP) is 5.82. The second-order valence-corrected chi connectivity index (χ2v) is 9.16. The summed E-state index contributed by atoms with van der Waals surface area (Å²) in [6.07, 6.45) is 3.06. The zero-order chi connectivity index (χ0) is 24.3. The normalized spacial score (nSPS) is 15.4. The van der Waals surface area contributed by atoms with E-state index in [2.05, 4.69) is 39.0 Å². The first-order valence-corrected chi connectivity index (χ1v) is 11.0. The van der Waals surface area contributed by atoms with Gasteiger partial charge in [0.1, 0.15) is 23.1 Å². The summed E-state index contributed by atoms with van der Waals surface area (Å²) in [6, 6.07) is 25.0. The van der Waals surface area contributed by atoms with Crippen molar-refractivity contribution in [1.82, 2.24) is 0 Å². The van der Waals surface area contributed by atoms with Gasteiger partial charge in [0.15, 0.2) is 0 Å². The number of hydrogen-bond acceptors (Lipinski definition) is 5. The molecule has 0 aliphatic carbocycles. The van der Waals surface area contributed by atoms with Crippen LogP contribution in [-0.4, -0.2) is 5.97 Å². The average molecular weight is 451 g/mol. The molecule has 4 rings (SSSR count). The smallest absolute Gasteiger partial charge is 0.336 e. The Morgan fingerprint density at radius 1 is 1.06 bits per heavy atom. The van der Waals surface area contributed by atoms with Crippen LogP contribution >= 0.6 is 0 Å². The fourth-order valence-corrected chi connectivity index (χ4v) is 3.90. The topological polar surface area (TPSA) is 85.3 Å². The van der Waals surface area contributed by atoms with Gasteiger partial charge in [-0.3, -0.25) is 0 Å². The van der Waals surface area contributed by atoms with Gasteiger partial charge in [-0.25, -0.2) is 4.79 Å². The molecular weight excluding hydrogens is 424 g/mol. The molecule has 3 aromatic carbocycles. The predicted molar refractivity (Wildman–Crippen MR) is 132 cm³/mol. The minimum atomic E-state index is -0.504. The number of esters is 1. The number of benzene rings is 3. The van der Waals surface area contributed by atoms with Gasteiger partial charge in [0, 0.05) is 17.7 Å². The molecule has 0 spiro atoms. The molecule has 3 aromatic rings. The van der Waals surface area contributed by atoms with Gasteiger partial charge >= 0.3 is 5.97 Å². The van der Waals surface area contributed by atoms with E-state index in [1.54, 1.807) is 18.2 Å². The SMILES string of the molecule is CC(C)(C)c1ccc(C2C(C#N)=C(N)Oc3cc(OC(=O)/C=C/c4ccccc4)ccc32)cc1. The summed E-state index contributed by atoms with van der Waals surface area (Å²) in [5.41, 5.74) is 10.3. The zero-order valence-corrected chi connectivity index (χ0v) is 19.4. The number of carbonyl (C=O) groups excluding carboxylic acids is 1. The molecule has 0 fully saturated rings. The van der Waals surface area contributed by atoms with Gasteiger partial charge in [0.25, 0.3) is 0 Å². The molecule has 1 atom stereocenters. The Morgan fingerprint density at radius 3 is 2.41 bits per heavy atom. The van der Waals surface area contributed by atoms with Crippen molar-refractivity contribution in [2.45, 2.75) is 32.1 Å². The maximum absolute atomic E-state index is 12.3. The molecule has 170 valence electrons. The fraction of sp³-hybridized carbons (Fsp3) is 0.172. The maximum Gasteiger partial charge on any atom is 0.336 e. The average Bonchev–Trinajstić information content (AvgIpc) is 2.82. The van der Waals surface area contributed by atoms with E-state index in [4.69, 9.17) is 15.2 Å². The Hall–Kier alpha value is -4.30. The standard InChI is InChI=1S/C29H26N2O3/c1-29(2,3)21-12-10-20(11-13-21)27-23-15-14-22(17-25(23)34-28(31)24(27)18-30)33-26(32)16-9-19-7-5-4-6-8-19/h4-17,27H,31H2,1-3H3/b16-9+. The molecule has 1 aliphatic rings. The summed E-state index contributed by atoms with van der Waals surface area (Å²) in [7, 11) is 0. The largest absolute Gasteiger partial charge is 0.440 e. The van der Waals surface area contributed by atoms with Crippen molar-refractivity contribution in [3.05, 3.63) is 113 Å². The van der Waals surface area contributed by atoms with Gasteiger partial charge in [-0.1, -0.05) is 81.4 Å². The van der Waals surface area contributed by atoms with E-state index >= 15 is 0 Å². The lowest BCUT2D eigenvalue weighted by atomic mass is 9.81. The summed E-state index contributed by atoms with van der Waals surface area (Å²) >= 11 is 0. The van der Waals surface area contributed by atoms with Crippen LogP contribution in [0, 0.1) is 11.3 Å². The monoisotopic (exact) mass is 450 g/mol. The van der Waals surface area contributed by atoms with Crippen LogP contribution in [0.1, 0.15) is 48.9 Å². The first-order valence-electron chi connectivity index (χ1n) is 11.0. The van der Waals surface area contributed by atoms with Crippen molar-refractivity contribution in [3.63, 3.8) is 0 Å². The Kier molecular flexibility index (Phi) is 6.25. The zero-order valence-electron chi connectivity index (χ0n) is 19.4. The van der Waals surface area contributed by atoms with Gasteiger partial charge in [0.2, 0.25) is 5.88 Å². The van der Waals surface area contributed by atoms with Crippen molar-refractivity contribution in [2.75, 3.05) is 0 Å². The van der Waals surface area contributed by atoms with E-state index < -0.39 is 5.97 Å². The molecule has 0 saturated heterocycles. The van der Waals surface area contributed by atoms with Crippen LogP contribution in [0.15, 0.2) is 90.3 Å². The Morgan fingerprint density at radius 2 is 1.76 bits per heavy atom. The maximum atomic E-state index is 12.3. The van der Waals surface area contributed by atoms with Crippen molar-refractivity contribution in [1.29, 1.82) is 5.26 Å². The molecule has 5 nitrogen and oxygen atoms in total. The highest BCUT2D eigenvalue weighted by atomic mass is 16.5. The van der Waals surface area contributed by atoms with Gasteiger partial charge in [-0.15, -0.1) is 0 Å². The van der Waals surface area contributed by atoms with E-state index in [0.717, 1.165) is 16.7 Å². The van der Waals surface area contributed by atoms with Crippen molar-refractivity contribution in [3.8, 4) is 17.6 Å². The van der Waals surface area contributed by atoms with Crippen LogP contribution in [0.25, 0.3) is 6.08 Å². The lowest BCUT2D eigenvalue weighted by molar-refractivity contribution is -0.128. The lowest BCUT2D eigenvalue weighted by Crippen LogP contribution is -2.21. The number of nitrogens with two attached hydrogens (primary N) is 1. The lowest BCUT2D eigenvalue weighted by Gasteiger charge is -2.27. The number of carbonyl (C=O) groups is 1. The second-order valence-electron chi connectivity index (χ2n) is 9.16. The van der Waals surface area contributed by atoms with E-state index in [1.165, 1.54) is 11.6 Å². The Labute approximate surface area is 199 Å². The summed E-state index contributed by atoms with van der Waals surface area (Å²) in [5.74, 6) is -0.0387. The third kappa shape index (κ3) is 4.87. The molecule has 5 heteroatoms. The second kappa shape index (κ2) is 9.29. The Bertz CT molecular complexity index is 1310. The number of hydrogen-bond donors (Lipinski definition) is 1. The van der Waals surface area contributed by atoms with Crippen molar-refractivity contribution < 1.29 is 14.3 Å². The molecule has 1 unspecified atom stereocenters. The highest BCUT2D eigenvalue weighted by molar-refractivity contribution is 5.88. The molecule has 0 amide bonds. The van der Waals surface area contributed by atoms with Gasteiger partial charge < -0.3 is 15.2 Å². The minimum Gasteiger partial charge on any atom is -0.440 e. The van der Waals surface area contributed by atoms with E-state index in [9.17, 15) is 10.1 Å². The Balaban J connectivity index is 1.61. The van der Waals surface area contributed by atoms with Gasteiger partial charge in [-0.05, 0) is 34.2 Å². The summed E-state index contributed by atoms with van der Waals surface area (Å²) < 4.78 is 11.2. The first-order chi connectivity index (χ1) is 16.3. The van der Waals surface area contributed by atoms with Crippen LogP contribution in [-0.2, 0) is 10.2 Å². The molecule has 0 radical (unpaired) electrons. The molecule has 0 saturated carbocycles. The summed E-state index contributed by atoms with van der Waals surface area (Å²) in [6.45, 7) is 6.46. The molecule has 0 bridgehead atoms. The molecule has 1 aliphatic heterocycles. The van der Waals surface area contributed by atoms with E-state index in [0.29, 0.717) is 17.1 Å². The fourth-order valence-electron chi connectivity index (χ4n) is 3.90. The number of nitriles is 1. The summed E-state index contributed by atoms with van der Waals surface area (Å²) in [4.78, 5) is 12.3. The van der Waals surface area contributed by atoms with E-state index in [-0.39, 0.29) is 17.2 Å². The van der Waals surface area contributed by atoms with Crippen molar-refractivity contribution in [2.24, 2.45) is 5.73 Å². The number of nitrogens with zero attached hydrogens (tertiary/aromatic N) is 1. The molecule has 0 aromatic heterocycles. The van der Waals surface area contributed by atoms with Crippen molar-refractivity contribution >= 4 is 12.0 Å². The highest BCUT2D eigenvalue weighted by Crippen LogP contribution is 2.43. The van der Waals surface area contributed by atoms with Gasteiger partial charge in [0.05, 0.1) is 5.92 Å². The van der Waals surface area contributed by atoms with Crippen LogP contribution < -0.4 is 15.2 Å². The van der Waals surface area contributed by atoms with E-state index in [1.807, 2.05) is 48.5 Å². The quantitative estimate of drug-likeness (QED) is 0.307. The first kappa shape index (κ1) is 22.9. The summed E-state index contributed by atoms with van der Waals surface area (Å²) in [5, 5.41) is 9.78. The van der Waals surface area contributed by atoms with Crippen LogP contribution in [0.3, 0.4) is 0 Å². The van der Waals surface area contributed by atoms with Gasteiger partial charge in [-0.2, -0.15) is 5.26 Å². The van der Waals surface area contributed by atoms with Crippen LogP contribution in [0.2, 0.25) is 0 Å². The number of rotatable bonds is 4. The van der Waals surface area contributed by atoms with Crippen LogP contribution in [0.5, 0.6) is 11.5 Å². The number of fused-ring (bicyclic) bond motifs is 1. The highest BCUT2D eigenvalue weighted by Gasteiger charge is 2.31. The minimum absolute atomic E-state index is 0.0206. The third-order valence-electron chi connectivity index (χ3n) is 5.73. The van der Waals surface area contributed by atoms with Crippen LogP contribution in [0.4, 0.5) is 0 Å². The number of ether oxygens (including phenoxy) is 2.